The Hall–Kier alpha value is -1.42. The van der Waals surface area contributed by atoms with Gasteiger partial charge in [-0.25, -0.2) is 0 Å². The molecule has 2 atom stereocenters. The number of likely N-dealkylation sites (tertiary alicyclic amines) is 1. The van der Waals surface area contributed by atoms with E-state index in [-0.39, 0.29) is 18.0 Å². The zero-order chi connectivity index (χ0) is 13.2. The van der Waals surface area contributed by atoms with Gasteiger partial charge in [0.25, 0.3) is 0 Å². The van der Waals surface area contributed by atoms with E-state index in [2.05, 4.69) is 9.88 Å². The highest BCUT2D eigenvalue weighted by molar-refractivity contribution is 5.78. The number of hydrogen-bond acceptors (Lipinski definition) is 3. The van der Waals surface area contributed by atoms with Gasteiger partial charge in [-0.15, -0.1) is 0 Å². The molecule has 19 heavy (non-hydrogen) atoms. The number of hydrogen-bond donors (Lipinski definition) is 1. The fraction of sp³-hybridized carbons (Fsp3) is 0.600. The first-order chi connectivity index (χ1) is 9.27. The number of pyridine rings is 1. The number of carbonyl (C=O) groups excluding carboxylic acids is 1. The molecule has 4 heteroatoms. The van der Waals surface area contributed by atoms with Crippen molar-refractivity contribution in [1.29, 1.82) is 0 Å². The monoisotopic (exact) mass is 259 g/mol. The summed E-state index contributed by atoms with van der Waals surface area (Å²) in [7, 11) is 0. The van der Waals surface area contributed by atoms with Crippen LogP contribution < -0.4 is 5.73 Å². The maximum Gasteiger partial charge on any atom is 0.223 e. The molecule has 1 amide bonds. The third-order valence-corrected chi connectivity index (χ3v) is 4.43. The van der Waals surface area contributed by atoms with Crippen LogP contribution in [0.2, 0.25) is 0 Å². The van der Waals surface area contributed by atoms with E-state index in [1.165, 1.54) is 12.8 Å². The van der Waals surface area contributed by atoms with E-state index in [1.54, 1.807) is 6.20 Å². The van der Waals surface area contributed by atoms with Gasteiger partial charge in [0.1, 0.15) is 0 Å². The summed E-state index contributed by atoms with van der Waals surface area (Å²) < 4.78 is 0. The molecule has 1 saturated heterocycles. The molecule has 4 nitrogen and oxygen atoms in total. The average Bonchev–Trinajstić information content (AvgIpc) is 2.96. The predicted molar refractivity (Wildman–Crippen MR) is 73.3 cm³/mol. The molecule has 1 saturated carbocycles. The van der Waals surface area contributed by atoms with Crippen molar-refractivity contribution in [1.82, 2.24) is 9.88 Å². The van der Waals surface area contributed by atoms with E-state index in [0.717, 1.165) is 24.8 Å². The molecule has 0 spiro atoms. The van der Waals surface area contributed by atoms with Gasteiger partial charge < -0.3 is 10.6 Å². The van der Waals surface area contributed by atoms with Crippen LogP contribution in [0.1, 0.15) is 50.1 Å². The average molecular weight is 259 g/mol. The highest BCUT2D eigenvalue weighted by Gasteiger charge is 2.39. The molecule has 2 unspecified atom stereocenters. The minimum Gasteiger partial charge on any atom is -0.331 e. The molecule has 2 fully saturated rings. The second kappa shape index (κ2) is 5.29. The van der Waals surface area contributed by atoms with Crippen LogP contribution in [0.3, 0.4) is 0 Å². The zero-order valence-electron chi connectivity index (χ0n) is 11.2. The van der Waals surface area contributed by atoms with Crippen molar-refractivity contribution in [3.8, 4) is 0 Å². The lowest BCUT2D eigenvalue weighted by Gasteiger charge is -2.43. The van der Waals surface area contributed by atoms with Crippen molar-refractivity contribution in [2.75, 3.05) is 0 Å². The fourth-order valence-corrected chi connectivity index (χ4v) is 3.51. The van der Waals surface area contributed by atoms with Gasteiger partial charge in [-0.2, -0.15) is 0 Å². The molecule has 1 aromatic heterocycles. The maximum absolute atomic E-state index is 12.4. The van der Waals surface area contributed by atoms with Crippen LogP contribution in [-0.4, -0.2) is 27.9 Å². The van der Waals surface area contributed by atoms with E-state index in [0.29, 0.717) is 12.5 Å². The van der Waals surface area contributed by atoms with Crippen LogP contribution in [0.5, 0.6) is 0 Å². The fourth-order valence-electron chi connectivity index (χ4n) is 3.51. The van der Waals surface area contributed by atoms with Crippen LogP contribution in [0.15, 0.2) is 24.5 Å². The summed E-state index contributed by atoms with van der Waals surface area (Å²) in [5.41, 5.74) is 7.39. The summed E-state index contributed by atoms with van der Waals surface area (Å²) >= 11 is 0. The van der Waals surface area contributed by atoms with Crippen molar-refractivity contribution in [2.24, 2.45) is 5.73 Å². The Morgan fingerprint density at radius 2 is 2.05 bits per heavy atom. The number of piperidine rings is 1. The first kappa shape index (κ1) is 12.6. The van der Waals surface area contributed by atoms with Gasteiger partial charge in [0.15, 0.2) is 0 Å². The van der Waals surface area contributed by atoms with Crippen LogP contribution >= 0.6 is 0 Å². The zero-order valence-corrected chi connectivity index (χ0v) is 11.2. The number of carbonyl (C=O) groups is 1. The minimum atomic E-state index is 0.0121. The smallest absolute Gasteiger partial charge is 0.223 e. The number of nitrogens with zero attached hydrogens (tertiary/aromatic N) is 2. The van der Waals surface area contributed by atoms with Crippen LogP contribution in [0.25, 0.3) is 0 Å². The molecule has 2 aliphatic rings. The molecule has 1 aliphatic heterocycles. The number of amides is 1. The summed E-state index contributed by atoms with van der Waals surface area (Å²) in [5.74, 6) is 0.266. The van der Waals surface area contributed by atoms with E-state index >= 15 is 0 Å². The minimum absolute atomic E-state index is 0.0121. The largest absolute Gasteiger partial charge is 0.331 e. The second-order valence-electron chi connectivity index (χ2n) is 5.67. The normalized spacial score (nSPS) is 28.9. The summed E-state index contributed by atoms with van der Waals surface area (Å²) in [6.07, 6.45) is 9.68. The Bertz CT molecular complexity index is 442. The molecule has 2 N–H and O–H groups in total. The van der Waals surface area contributed by atoms with Crippen molar-refractivity contribution >= 4 is 5.91 Å². The number of rotatable bonds is 2. The van der Waals surface area contributed by atoms with Crippen molar-refractivity contribution in [3.63, 3.8) is 0 Å². The maximum atomic E-state index is 12.4. The Kier molecular flexibility index (Phi) is 3.51. The molecule has 0 aromatic carbocycles. The summed E-state index contributed by atoms with van der Waals surface area (Å²) in [6, 6.07) is 4.39. The van der Waals surface area contributed by atoms with Crippen LogP contribution in [0, 0.1) is 0 Å². The molecule has 2 heterocycles. The quantitative estimate of drug-likeness (QED) is 0.884. The van der Waals surface area contributed by atoms with Crippen LogP contribution in [0.4, 0.5) is 0 Å². The number of nitrogens with two attached hydrogens (primary N) is 1. The third kappa shape index (κ3) is 2.37. The molecular weight excluding hydrogens is 238 g/mol. The van der Waals surface area contributed by atoms with Gasteiger partial charge in [-0.1, -0.05) is 18.9 Å². The lowest BCUT2D eigenvalue weighted by Crippen LogP contribution is -2.52. The van der Waals surface area contributed by atoms with Gasteiger partial charge in [-0.3, -0.25) is 9.78 Å². The summed E-state index contributed by atoms with van der Waals surface area (Å²) in [4.78, 5) is 18.6. The Labute approximate surface area is 114 Å². The molecule has 0 radical (unpaired) electrons. The molecule has 1 aliphatic carbocycles. The van der Waals surface area contributed by atoms with E-state index in [1.807, 2.05) is 18.3 Å². The third-order valence-electron chi connectivity index (χ3n) is 4.43. The molecule has 3 rings (SSSR count). The van der Waals surface area contributed by atoms with Gasteiger partial charge in [0, 0.05) is 30.9 Å². The topological polar surface area (TPSA) is 59.2 Å². The highest BCUT2D eigenvalue weighted by Crippen LogP contribution is 2.36. The lowest BCUT2D eigenvalue weighted by atomic mass is 9.89. The van der Waals surface area contributed by atoms with Gasteiger partial charge >= 0.3 is 0 Å². The Balaban J connectivity index is 1.93. The summed E-state index contributed by atoms with van der Waals surface area (Å²) in [5, 5.41) is 0. The van der Waals surface area contributed by atoms with Gasteiger partial charge in [0.05, 0.1) is 6.04 Å². The summed E-state index contributed by atoms with van der Waals surface area (Å²) in [6.45, 7) is 0. The standard InChI is InChI=1S/C15H21N3O/c16-13-7-8-14(19)18(12-5-1-2-6-12)15(13)11-4-3-9-17-10-11/h3-4,9-10,12-13,15H,1-2,5-8,16H2. The van der Waals surface area contributed by atoms with Crippen molar-refractivity contribution in [2.45, 2.75) is 56.7 Å². The molecular formula is C15H21N3O. The van der Waals surface area contributed by atoms with E-state index < -0.39 is 0 Å². The van der Waals surface area contributed by atoms with E-state index in [9.17, 15) is 4.79 Å². The molecule has 0 bridgehead atoms. The molecule has 1 aromatic rings. The Morgan fingerprint density at radius 1 is 1.26 bits per heavy atom. The first-order valence-electron chi connectivity index (χ1n) is 7.24. The van der Waals surface area contributed by atoms with Crippen molar-refractivity contribution in [3.05, 3.63) is 30.1 Å². The Morgan fingerprint density at radius 3 is 2.74 bits per heavy atom. The second-order valence-corrected chi connectivity index (χ2v) is 5.67. The van der Waals surface area contributed by atoms with E-state index in [4.69, 9.17) is 5.73 Å². The predicted octanol–water partition coefficient (Wildman–Crippen LogP) is 2.01. The SMILES string of the molecule is NC1CCC(=O)N(C2CCCC2)C1c1cccnc1. The van der Waals surface area contributed by atoms with Gasteiger partial charge in [0.2, 0.25) is 5.91 Å². The molecule has 102 valence electrons. The highest BCUT2D eigenvalue weighted by atomic mass is 16.2. The van der Waals surface area contributed by atoms with Crippen molar-refractivity contribution < 1.29 is 4.79 Å². The lowest BCUT2D eigenvalue weighted by molar-refractivity contribution is -0.140. The number of aromatic nitrogens is 1. The van der Waals surface area contributed by atoms with Gasteiger partial charge in [-0.05, 0) is 30.9 Å². The first-order valence-corrected chi connectivity index (χ1v) is 7.24. The van der Waals surface area contributed by atoms with Crippen LogP contribution in [-0.2, 0) is 4.79 Å².